The number of hydrogen-bond donors (Lipinski definition) is 0. The van der Waals surface area contributed by atoms with Crippen molar-refractivity contribution in [2.24, 2.45) is 0 Å². The van der Waals surface area contributed by atoms with Crippen molar-refractivity contribution in [2.45, 2.75) is 26.4 Å². The minimum Gasteiger partial charge on any atom is -0.484 e. The van der Waals surface area contributed by atoms with Gasteiger partial charge in [0.2, 0.25) is 5.88 Å². The van der Waals surface area contributed by atoms with E-state index in [0.717, 1.165) is 12.8 Å². The lowest BCUT2D eigenvalue weighted by molar-refractivity contribution is 0.242. The Hall–Kier alpha value is -2.89. The maximum Gasteiger partial charge on any atom is 0.264 e. The summed E-state index contributed by atoms with van der Waals surface area (Å²) in [5.74, 6) is 3.13. The van der Waals surface area contributed by atoms with Crippen LogP contribution in [0.5, 0.6) is 17.4 Å². The van der Waals surface area contributed by atoms with Crippen LogP contribution in [0.4, 0.5) is 0 Å². The molecule has 0 amide bonds. The first-order chi connectivity index (χ1) is 11.3. The van der Waals surface area contributed by atoms with Gasteiger partial charge in [-0.15, -0.1) is 0 Å². The van der Waals surface area contributed by atoms with Gasteiger partial charge in [0, 0.05) is 18.7 Å². The van der Waals surface area contributed by atoms with Gasteiger partial charge in [-0.2, -0.15) is 4.98 Å². The molecule has 3 rings (SSSR count). The van der Waals surface area contributed by atoms with Crippen LogP contribution >= 0.6 is 0 Å². The molecule has 0 saturated carbocycles. The summed E-state index contributed by atoms with van der Waals surface area (Å²) in [5, 5.41) is 3.89. The molecule has 1 aromatic carbocycles. The summed E-state index contributed by atoms with van der Waals surface area (Å²) in [6.45, 7) is 2.32. The van der Waals surface area contributed by atoms with Gasteiger partial charge < -0.3 is 14.0 Å². The zero-order valence-corrected chi connectivity index (χ0v) is 12.8. The van der Waals surface area contributed by atoms with Crippen LogP contribution in [0.15, 0.2) is 53.2 Å². The van der Waals surface area contributed by atoms with Crippen LogP contribution in [0.3, 0.4) is 0 Å². The van der Waals surface area contributed by atoms with Crippen LogP contribution in [0.2, 0.25) is 0 Å². The van der Waals surface area contributed by atoms with E-state index >= 15 is 0 Å². The molecule has 3 aromatic rings. The topological polar surface area (TPSA) is 70.3 Å². The number of ether oxygens (including phenoxy) is 2. The van der Waals surface area contributed by atoms with Crippen molar-refractivity contribution < 1.29 is 14.0 Å². The molecule has 0 atom stereocenters. The van der Waals surface area contributed by atoms with E-state index in [2.05, 4.69) is 22.0 Å². The number of pyridine rings is 1. The molecule has 0 saturated heterocycles. The zero-order chi connectivity index (χ0) is 15.9. The third kappa shape index (κ3) is 4.29. The molecule has 0 unspecified atom stereocenters. The monoisotopic (exact) mass is 311 g/mol. The highest BCUT2D eigenvalue weighted by atomic mass is 16.5. The second kappa shape index (κ2) is 7.40. The predicted molar refractivity (Wildman–Crippen MR) is 83.4 cm³/mol. The molecule has 0 spiro atoms. The van der Waals surface area contributed by atoms with Crippen molar-refractivity contribution in [3.8, 4) is 17.4 Å². The van der Waals surface area contributed by atoms with Gasteiger partial charge in [0.25, 0.3) is 5.89 Å². The van der Waals surface area contributed by atoms with Crippen molar-refractivity contribution in [1.29, 1.82) is 0 Å². The van der Waals surface area contributed by atoms with Gasteiger partial charge in [0.15, 0.2) is 12.4 Å². The average Bonchev–Trinajstić information content (AvgIpc) is 3.03. The van der Waals surface area contributed by atoms with Gasteiger partial charge in [-0.25, -0.2) is 4.98 Å². The number of aryl methyl sites for hydroxylation is 1. The third-order valence-corrected chi connectivity index (χ3v) is 3.03. The lowest BCUT2D eigenvalue weighted by Crippen LogP contribution is -1.96. The first kappa shape index (κ1) is 15.0. The van der Waals surface area contributed by atoms with E-state index in [1.807, 2.05) is 36.4 Å². The lowest BCUT2D eigenvalue weighted by atomic mass is 10.3. The second-order valence-corrected chi connectivity index (χ2v) is 4.88. The Labute approximate surface area is 134 Å². The summed E-state index contributed by atoms with van der Waals surface area (Å²) in [6.07, 6.45) is 3.48. The smallest absolute Gasteiger partial charge is 0.264 e. The maximum absolute atomic E-state index is 5.62. The molecule has 2 heterocycles. The van der Waals surface area contributed by atoms with Gasteiger partial charge in [0.1, 0.15) is 11.5 Å². The molecule has 0 fully saturated rings. The largest absolute Gasteiger partial charge is 0.484 e. The molecule has 6 heteroatoms. The average molecular weight is 311 g/mol. The molecule has 2 aromatic heterocycles. The fourth-order valence-corrected chi connectivity index (χ4v) is 1.95. The Morgan fingerprint density at radius 3 is 2.61 bits per heavy atom. The molecule has 0 bridgehead atoms. The predicted octanol–water partition coefficient (Wildman–Crippen LogP) is 3.79. The first-order valence-corrected chi connectivity index (χ1v) is 7.46. The van der Waals surface area contributed by atoms with E-state index in [9.17, 15) is 0 Å². The molecule has 0 N–H and O–H groups in total. The quantitative estimate of drug-likeness (QED) is 0.661. The van der Waals surface area contributed by atoms with Crippen LogP contribution in [-0.2, 0) is 13.0 Å². The second-order valence-electron chi connectivity index (χ2n) is 4.88. The van der Waals surface area contributed by atoms with Crippen LogP contribution < -0.4 is 9.47 Å². The number of benzene rings is 1. The number of hydrogen-bond acceptors (Lipinski definition) is 6. The fourth-order valence-electron chi connectivity index (χ4n) is 1.95. The van der Waals surface area contributed by atoms with E-state index in [-0.39, 0.29) is 6.61 Å². The van der Waals surface area contributed by atoms with Crippen molar-refractivity contribution in [3.63, 3.8) is 0 Å². The Balaban J connectivity index is 1.54. The Morgan fingerprint density at radius 1 is 1.04 bits per heavy atom. The highest BCUT2D eigenvalue weighted by Crippen LogP contribution is 2.22. The minimum atomic E-state index is 0.247. The van der Waals surface area contributed by atoms with Crippen molar-refractivity contribution in [2.75, 3.05) is 0 Å². The van der Waals surface area contributed by atoms with E-state index in [0.29, 0.717) is 29.1 Å². The highest BCUT2D eigenvalue weighted by Gasteiger charge is 2.06. The van der Waals surface area contributed by atoms with Crippen molar-refractivity contribution in [1.82, 2.24) is 15.1 Å². The van der Waals surface area contributed by atoms with E-state index < -0.39 is 0 Å². The summed E-state index contributed by atoms with van der Waals surface area (Å²) in [5.41, 5.74) is 0. The van der Waals surface area contributed by atoms with Gasteiger partial charge >= 0.3 is 0 Å². The number of rotatable bonds is 7. The van der Waals surface area contributed by atoms with Crippen LogP contribution in [0.25, 0.3) is 0 Å². The van der Waals surface area contributed by atoms with Crippen LogP contribution in [0, 0.1) is 0 Å². The molecule has 6 nitrogen and oxygen atoms in total. The molecule has 118 valence electrons. The standard InChI is InChI=1S/C17H17N3O3/c1-2-5-15-19-17(23-20-15)12-21-13-7-9-14(10-8-13)22-16-6-3-4-11-18-16/h3-4,6-11H,2,5,12H2,1H3. The van der Waals surface area contributed by atoms with Gasteiger partial charge in [-0.3, -0.25) is 0 Å². The van der Waals surface area contributed by atoms with Crippen molar-refractivity contribution >= 4 is 0 Å². The fraction of sp³-hybridized carbons (Fsp3) is 0.235. The highest BCUT2D eigenvalue weighted by molar-refractivity contribution is 5.33. The van der Waals surface area contributed by atoms with E-state index in [1.54, 1.807) is 12.3 Å². The van der Waals surface area contributed by atoms with Gasteiger partial charge in [-0.1, -0.05) is 18.1 Å². The Kier molecular flexibility index (Phi) is 4.83. The maximum atomic E-state index is 5.62. The lowest BCUT2D eigenvalue weighted by Gasteiger charge is -2.06. The normalized spacial score (nSPS) is 10.5. The van der Waals surface area contributed by atoms with Crippen molar-refractivity contribution in [3.05, 3.63) is 60.4 Å². The number of nitrogens with zero attached hydrogens (tertiary/aromatic N) is 3. The molecule has 0 aliphatic carbocycles. The summed E-state index contributed by atoms with van der Waals surface area (Å²) in [6, 6.07) is 12.8. The summed E-state index contributed by atoms with van der Waals surface area (Å²) in [4.78, 5) is 8.36. The summed E-state index contributed by atoms with van der Waals surface area (Å²) >= 11 is 0. The summed E-state index contributed by atoms with van der Waals surface area (Å²) in [7, 11) is 0. The van der Waals surface area contributed by atoms with E-state index in [4.69, 9.17) is 14.0 Å². The minimum absolute atomic E-state index is 0.247. The molecule has 0 radical (unpaired) electrons. The molecule has 0 aliphatic heterocycles. The van der Waals surface area contributed by atoms with Gasteiger partial charge in [0.05, 0.1) is 0 Å². The third-order valence-electron chi connectivity index (χ3n) is 3.03. The van der Waals surface area contributed by atoms with Gasteiger partial charge in [-0.05, 0) is 36.8 Å². The molecular weight excluding hydrogens is 294 g/mol. The zero-order valence-electron chi connectivity index (χ0n) is 12.8. The number of aromatic nitrogens is 3. The molecule has 23 heavy (non-hydrogen) atoms. The first-order valence-electron chi connectivity index (χ1n) is 7.46. The SMILES string of the molecule is CCCc1noc(COc2ccc(Oc3ccccn3)cc2)n1. The van der Waals surface area contributed by atoms with E-state index in [1.165, 1.54) is 0 Å². The summed E-state index contributed by atoms with van der Waals surface area (Å²) < 4.78 is 16.4. The Bertz CT molecular complexity index is 726. The molecular formula is C17H17N3O3. The Morgan fingerprint density at radius 2 is 1.87 bits per heavy atom. The van der Waals surface area contributed by atoms with Crippen LogP contribution in [-0.4, -0.2) is 15.1 Å². The molecule has 0 aliphatic rings. The van der Waals surface area contributed by atoms with Crippen LogP contribution in [0.1, 0.15) is 25.1 Å².